The highest BCUT2D eigenvalue weighted by Crippen LogP contribution is 2.51. The molecule has 5 heterocycles. The van der Waals surface area contributed by atoms with Crippen LogP contribution < -0.4 is 10.2 Å². The highest BCUT2D eigenvalue weighted by Gasteiger charge is 2.53. The number of carbonyl (C=O) groups excluding carboxylic acids is 2. The van der Waals surface area contributed by atoms with Crippen molar-refractivity contribution in [1.29, 1.82) is 0 Å². The van der Waals surface area contributed by atoms with Gasteiger partial charge in [-0.3, -0.25) is 9.69 Å². The standard InChI is InChI=1S/C44H60F2N6O5S/c1-3-42(53)51-20-15-38(29-51)58(55,56)41-12-11-37(21-32(41)26-50-27-36(46)28-50)52-24-31(25-52)23-48-18-13-33(14-19-48)44(30-49-16-6-17-49,34-7-4-8-35(45)22-34)39-9-5-10-40(39)47-43(54)57-2/h3-4,7-8,11-12,21-22,31,33,36,38-40H,1,5-6,9-10,13-20,23-30H2,2H3,(H,47,54)/t38-,39+,40+,44?/m1/s1. The molecule has 5 saturated heterocycles. The van der Waals surface area contributed by atoms with Crippen LogP contribution in [-0.2, 0) is 31.3 Å². The number of hydrogen-bond donors (Lipinski definition) is 1. The van der Waals surface area contributed by atoms with Crippen molar-refractivity contribution >= 4 is 27.5 Å². The fraction of sp³-hybridized carbons (Fsp3) is 0.636. The van der Waals surface area contributed by atoms with E-state index in [0.717, 1.165) is 95.7 Å². The summed E-state index contributed by atoms with van der Waals surface area (Å²) in [4.78, 5) is 36.0. The van der Waals surface area contributed by atoms with E-state index in [1.807, 2.05) is 23.1 Å². The molecule has 0 radical (unpaired) electrons. The quantitative estimate of drug-likeness (QED) is 0.268. The van der Waals surface area contributed by atoms with Crippen LogP contribution in [0.25, 0.3) is 0 Å². The van der Waals surface area contributed by atoms with Crippen LogP contribution in [0.2, 0.25) is 0 Å². The second-order valence-corrected chi connectivity index (χ2v) is 20.0. The third kappa shape index (κ3) is 8.27. The zero-order valence-electron chi connectivity index (χ0n) is 33.9. The highest BCUT2D eigenvalue weighted by atomic mass is 32.2. The third-order valence-corrected chi connectivity index (χ3v) is 16.6. The van der Waals surface area contributed by atoms with Crippen molar-refractivity contribution in [1.82, 2.24) is 24.9 Å². The molecule has 8 rings (SSSR count). The van der Waals surface area contributed by atoms with Gasteiger partial charge in [0.05, 0.1) is 17.3 Å². The molecule has 4 atom stereocenters. The molecule has 6 aliphatic rings. The molecule has 11 nitrogen and oxygen atoms in total. The molecule has 2 amide bonds. The summed E-state index contributed by atoms with van der Waals surface area (Å²) in [7, 11) is -2.31. The number of nitrogens with one attached hydrogen (secondary N) is 1. The number of methoxy groups -OCH3 is 1. The van der Waals surface area contributed by atoms with E-state index in [0.29, 0.717) is 50.0 Å². The average molecular weight is 823 g/mol. The van der Waals surface area contributed by atoms with Gasteiger partial charge in [0, 0.05) is 82.0 Å². The molecule has 6 fully saturated rings. The summed E-state index contributed by atoms with van der Waals surface area (Å²) in [5, 5.41) is 2.50. The Bertz CT molecular complexity index is 1930. The smallest absolute Gasteiger partial charge is 0.407 e. The van der Waals surface area contributed by atoms with E-state index in [9.17, 15) is 22.4 Å². The second-order valence-electron chi connectivity index (χ2n) is 17.8. The summed E-state index contributed by atoms with van der Waals surface area (Å²) >= 11 is 0. The normalized spacial score (nSPS) is 26.4. The first kappa shape index (κ1) is 41.2. The number of nitrogens with zero attached hydrogens (tertiary/aromatic N) is 5. The number of hydrogen-bond acceptors (Lipinski definition) is 9. The summed E-state index contributed by atoms with van der Waals surface area (Å²) in [6, 6.07) is 12.8. The van der Waals surface area contributed by atoms with Crippen molar-refractivity contribution in [2.45, 2.75) is 79.3 Å². The van der Waals surface area contributed by atoms with Gasteiger partial charge in [-0.05, 0) is 124 Å². The first-order chi connectivity index (χ1) is 28.0. The van der Waals surface area contributed by atoms with E-state index in [1.54, 1.807) is 17.0 Å². The lowest BCUT2D eigenvalue weighted by molar-refractivity contribution is -0.124. The van der Waals surface area contributed by atoms with Gasteiger partial charge in [-0.25, -0.2) is 22.0 Å². The van der Waals surface area contributed by atoms with E-state index >= 15 is 4.39 Å². The van der Waals surface area contributed by atoms with E-state index in [-0.39, 0.29) is 40.5 Å². The molecule has 0 bridgehead atoms. The molecule has 2 aromatic carbocycles. The van der Waals surface area contributed by atoms with Gasteiger partial charge in [-0.15, -0.1) is 0 Å². The maximum Gasteiger partial charge on any atom is 0.407 e. The van der Waals surface area contributed by atoms with Crippen molar-refractivity contribution in [3.63, 3.8) is 0 Å². The van der Waals surface area contributed by atoms with Gasteiger partial charge in [0.15, 0.2) is 9.84 Å². The Morgan fingerprint density at radius 2 is 1.69 bits per heavy atom. The van der Waals surface area contributed by atoms with Crippen molar-refractivity contribution in [2.75, 3.05) is 90.5 Å². The van der Waals surface area contributed by atoms with Crippen LogP contribution in [0.4, 0.5) is 19.3 Å². The van der Waals surface area contributed by atoms with Crippen LogP contribution >= 0.6 is 0 Å². The largest absolute Gasteiger partial charge is 0.453 e. The Morgan fingerprint density at radius 1 is 0.914 bits per heavy atom. The minimum absolute atomic E-state index is 0.0294. The Labute approximate surface area is 342 Å². The number of alkyl halides is 1. The number of piperidine rings is 1. The Morgan fingerprint density at radius 3 is 2.36 bits per heavy atom. The minimum atomic E-state index is -3.72. The summed E-state index contributed by atoms with van der Waals surface area (Å²) in [5.41, 5.74) is 2.42. The molecule has 1 unspecified atom stereocenters. The van der Waals surface area contributed by atoms with Crippen molar-refractivity contribution < 1.29 is 31.5 Å². The van der Waals surface area contributed by atoms with Gasteiger partial charge in [-0.2, -0.15) is 0 Å². The lowest BCUT2D eigenvalue weighted by Gasteiger charge is -2.54. The molecule has 14 heteroatoms. The van der Waals surface area contributed by atoms with Gasteiger partial charge < -0.3 is 29.7 Å². The molecule has 0 spiro atoms. The van der Waals surface area contributed by atoms with Crippen LogP contribution in [0, 0.1) is 23.6 Å². The van der Waals surface area contributed by atoms with E-state index in [4.69, 9.17) is 4.74 Å². The number of alkyl carbamates (subject to hydrolysis) is 1. The molecule has 1 aliphatic carbocycles. The number of ether oxygens (including phenoxy) is 1. The van der Waals surface area contributed by atoms with E-state index in [1.165, 1.54) is 25.7 Å². The number of halogens is 2. The number of carbonyl (C=O) groups is 2. The first-order valence-electron chi connectivity index (χ1n) is 21.4. The number of rotatable bonds is 14. The zero-order valence-corrected chi connectivity index (χ0v) is 34.7. The molecular formula is C44H60F2N6O5S. The number of benzene rings is 2. The van der Waals surface area contributed by atoms with Gasteiger partial charge in [0.2, 0.25) is 5.91 Å². The molecule has 0 aromatic heterocycles. The number of anilines is 1. The van der Waals surface area contributed by atoms with Gasteiger partial charge >= 0.3 is 6.09 Å². The Kier molecular flexibility index (Phi) is 12.2. The minimum Gasteiger partial charge on any atom is -0.453 e. The molecule has 316 valence electrons. The van der Waals surface area contributed by atoms with Gasteiger partial charge in [0.1, 0.15) is 12.0 Å². The zero-order chi connectivity index (χ0) is 40.6. The molecule has 58 heavy (non-hydrogen) atoms. The fourth-order valence-electron chi connectivity index (χ4n) is 11.2. The Balaban J connectivity index is 0.940. The van der Waals surface area contributed by atoms with Crippen LogP contribution in [0.3, 0.4) is 0 Å². The molecule has 2 aromatic rings. The van der Waals surface area contributed by atoms with Crippen molar-refractivity contribution in [2.24, 2.45) is 17.8 Å². The lowest BCUT2D eigenvalue weighted by Crippen LogP contribution is -2.60. The molecule has 5 aliphatic heterocycles. The predicted octanol–water partition coefficient (Wildman–Crippen LogP) is 4.86. The third-order valence-electron chi connectivity index (χ3n) is 14.3. The number of likely N-dealkylation sites (tertiary alicyclic amines) is 4. The van der Waals surface area contributed by atoms with Gasteiger partial charge in [-0.1, -0.05) is 25.1 Å². The summed E-state index contributed by atoms with van der Waals surface area (Å²) in [5.74, 6) is 0.496. The summed E-state index contributed by atoms with van der Waals surface area (Å²) in [6.07, 6.45) is 6.37. The molecular weight excluding hydrogens is 763 g/mol. The summed E-state index contributed by atoms with van der Waals surface area (Å²) in [6.45, 7) is 12.6. The van der Waals surface area contributed by atoms with Crippen LogP contribution in [0.5, 0.6) is 0 Å². The highest BCUT2D eigenvalue weighted by molar-refractivity contribution is 7.92. The van der Waals surface area contributed by atoms with Crippen molar-refractivity contribution in [3.8, 4) is 0 Å². The Hall–Kier alpha value is -3.59. The summed E-state index contributed by atoms with van der Waals surface area (Å²) < 4.78 is 61.9. The van der Waals surface area contributed by atoms with Crippen LogP contribution in [0.15, 0.2) is 60.0 Å². The number of sulfone groups is 1. The second kappa shape index (κ2) is 17.2. The fourth-order valence-corrected chi connectivity index (χ4v) is 13.1. The topological polar surface area (TPSA) is 106 Å². The van der Waals surface area contributed by atoms with E-state index in [2.05, 4.69) is 32.7 Å². The van der Waals surface area contributed by atoms with Crippen LogP contribution in [-0.4, -0.2) is 143 Å². The lowest BCUT2D eigenvalue weighted by atomic mass is 9.57. The monoisotopic (exact) mass is 822 g/mol. The van der Waals surface area contributed by atoms with E-state index < -0.39 is 27.4 Å². The van der Waals surface area contributed by atoms with Crippen LogP contribution in [0.1, 0.15) is 56.1 Å². The predicted molar refractivity (Wildman–Crippen MR) is 220 cm³/mol. The SMILES string of the molecule is C=CC(=O)N1CC[C@@H](S(=O)(=O)c2ccc(N3CC(CN4CCC(C(CN5CCC5)(c5cccc(F)c5)[C@H]5CCC[C@@H]5NC(=O)OC)CC4)C3)cc2CN2CC(F)C2)C1. The van der Waals surface area contributed by atoms with Gasteiger partial charge in [0.25, 0.3) is 0 Å². The molecule has 1 N–H and O–H groups in total. The maximum atomic E-state index is 15.1. The first-order valence-corrected chi connectivity index (χ1v) is 23.0. The number of amides is 2. The average Bonchev–Trinajstić information content (AvgIpc) is 3.87. The van der Waals surface area contributed by atoms with Crippen molar-refractivity contribution in [3.05, 3.63) is 72.1 Å². The molecule has 1 saturated carbocycles. The maximum absolute atomic E-state index is 15.1.